The van der Waals surface area contributed by atoms with E-state index in [0.29, 0.717) is 11.4 Å². The lowest BCUT2D eigenvalue weighted by Crippen LogP contribution is -2.34. The van der Waals surface area contributed by atoms with E-state index in [0.717, 1.165) is 0 Å². The number of nitrogens with one attached hydrogen (secondary N) is 3. The Hall–Kier alpha value is -2.80. The summed E-state index contributed by atoms with van der Waals surface area (Å²) in [5.74, 6) is -1.51. The van der Waals surface area contributed by atoms with E-state index < -0.39 is 11.7 Å². The van der Waals surface area contributed by atoms with Gasteiger partial charge in [-0.15, -0.1) is 0 Å². The first-order valence-electron chi connectivity index (χ1n) is 7.64. The van der Waals surface area contributed by atoms with E-state index in [4.69, 9.17) is 12.2 Å². The van der Waals surface area contributed by atoms with Crippen LogP contribution in [0.15, 0.2) is 48.5 Å². The van der Waals surface area contributed by atoms with Crippen LogP contribution >= 0.6 is 12.2 Å². The first-order chi connectivity index (χ1) is 11.9. The lowest BCUT2D eigenvalue weighted by Gasteiger charge is -2.12. The van der Waals surface area contributed by atoms with E-state index in [1.807, 2.05) is 0 Å². The van der Waals surface area contributed by atoms with Gasteiger partial charge >= 0.3 is 0 Å². The molecule has 130 valence electrons. The maximum absolute atomic E-state index is 13.6. The smallest absolute Gasteiger partial charge is 0.260 e. The first kappa shape index (κ1) is 18.5. The highest BCUT2D eigenvalue weighted by Crippen LogP contribution is 2.16. The number of halogens is 1. The minimum atomic E-state index is -0.639. The van der Waals surface area contributed by atoms with Gasteiger partial charge in [0.2, 0.25) is 5.91 Å². The summed E-state index contributed by atoms with van der Waals surface area (Å²) in [6, 6.07) is 12.5. The zero-order valence-corrected chi connectivity index (χ0v) is 14.6. The van der Waals surface area contributed by atoms with Crippen LogP contribution in [0.2, 0.25) is 0 Å². The number of rotatable bonds is 4. The number of amides is 2. The summed E-state index contributed by atoms with van der Waals surface area (Å²) >= 11 is 5.08. The van der Waals surface area contributed by atoms with Crippen LogP contribution in [0.4, 0.5) is 15.8 Å². The van der Waals surface area contributed by atoms with E-state index in [1.54, 1.807) is 44.2 Å². The van der Waals surface area contributed by atoms with Crippen molar-refractivity contribution in [2.45, 2.75) is 13.8 Å². The second kappa shape index (κ2) is 8.34. The average molecular weight is 359 g/mol. The molecule has 2 aromatic carbocycles. The van der Waals surface area contributed by atoms with Crippen molar-refractivity contribution >= 4 is 40.5 Å². The van der Waals surface area contributed by atoms with Crippen molar-refractivity contribution in [1.82, 2.24) is 5.32 Å². The van der Waals surface area contributed by atoms with Crippen molar-refractivity contribution < 1.29 is 14.0 Å². The summed E-state index contributed by atoms with van der Waals surface area (Å²) in [5.41, 5.74) is 1.09. The second-order valence-electron chi connectivity index (χ2n) is 5.61. The molecule has 0 spiro atoms. The molecule has 0 saturated heterocycles. The molecule has 0 heterocycles. The third-order valence-electron chi connectivity index (χ3n) is 3.26. The minimum Gasteiger partial charge on any atom is -0.332 e. The van der Waals surface area contributed by atoms with Crippen molar-refractivity contribution in [2.75, 3.05) is 10.6 Å². The summed E-state index contributed by atoms with van der Waals surface area (Å²) in [7, 11) is 0. The van der Waals surface area contributed by atoms with Crippen LogP contribution < -0.4 is 16.0 Å². The van der Waals surface area contributed by atoms with E-state index in [9.17, 15) is 14.0 Å². The van der Waals surface area contributed by atoms with E-state index in [-0.39, 0.29) is 22.5 Å². The zero-order valence-electron chi connectivity index (χ0n) is 13.8. The molecule has 0 aliphatic rings. The standard InChI is InChI=1S/C18H18FN3O2S/c1-11(2)16(23)20-12-6-5-7-13(10-12)21-18(25)22-17(24)14-8-3-4-9-15(14)19/h3-11H,1-2H3,(H,20,23)(H2,21,22,24,25). The molecule has 0 fully saturated rings. The Bertz CT molecular complexity index is 808. The SMILES string of the molecule is CC(C)C(=O)Nc1cccc(NC(=S)NC(=O)c2ccccc2F)c1. The molecule has 0 bridgehead atoms. The number of hydrogen-bond acceptors (Lipinski definition) is 3. The predicted octanol–water partition coefficient (Wildman–Crippen LogP) is 3.55. The fraction of sp³-hybridized carbons (Fsp3) is 0.167. The molecule has 2 rings (SSSR count). The summed E-state index contributed by atoms with van der Waals surface area (Å²) in [6.07, 6.45) is 0. The van der Waals surface area contributed by atoms with Crippen molar-refractivity contribution in [1.29, 1.82) is 0 Å². The van der Waals surface area contributed by atoms with E-state index in [1.165, 1.54) is 18.2 Å². The number of anilines is 2. The monoisotopic (exact) mass is 359 g/mol. The molecule has 7 heteroatoms. The van der Waals surface area contributed by atoms with Crippen LogP contribution in [0.5, 0.6) is 0 Å². The molecule has 2 amide bonds. The highest BCUT2D eigenvalue weighted by atomic mass is 32.1. The van der Waals surface area contributed by atoms with Gasteiger partial charge < -0.3 is 10.6 Å². The van der Waals surface area contributed by atoms with Crippen LogP contribution in [-0.2, 0) is 4.79 Å². The molecular formula is C18H18FN3O2S. The van der Waals surface area contributed by atoms with Gasteiger partial charge in [-0.05, 0) is 42.5 Å². The molecule has 0 radical (unpaired) electrons. The van der Waals surface area contributed by atoms with Gasteiger partial charge in [0.15, 0.2) is 5.11 Å². The van der Waals surface area contributed by atoms with Crippen LogP contribution in [0.25, 0.3) is 0 Å². The van der Waals surface area contributed by atoms with Gasteiger partial charge in [-0.2, -0.15) is 0 Å². The van der Waals surface area contributed by atoms with Crippen molar-refractivity contribution in [3.8, 4) is 0 Å². The second-order valence-corrected chi connectivity index (χ2v) is 6.02. The van der Waals surface area contributed by atoms with E-state index >= 15 is 0 Å². The highest BCUT2D eigenvalue weighted by Gasteiger charge is 2.12. The van der Waals surface area contributed by atoms with Gasteiger partial charge in [0.25, 0.3) is 5.91 Å². The maximum atomic E-state index is 13.6. The third kappa shape index (κ3) is 5.36. The molecule has 2 aromatic rings. The molecule has 0 unspecified atom stereocenters. The van der Waals surface area contributed by atoms with Gasteiger partial charge in [-0.1, -0.05) is 32.0 Å². The molecule has 0 aliphatic heterocycles. The Morgan fingerprint density at radius 2 is 1.64 bits per heavy atom. The van der Waals surface area contributed by atoms with Gasteiger partial charge in [0.05, 0.1) is 5.56 Å². The Morgan fingerprint density at radius 1 is 1.00 bits per heavy atom. The number of carbonyl (C=O) groups excluding carboxylic acids is 2. The molecule has 0 saturated carbocycles. The fourth-order valence-electron chi connectivity index (χ4n) is 1.94. The highest BCUT2D eigenvalue weighted by molar-refractivity contribution is 7.80. The van der Waals surface area contributed by atoms with Crippen LogP contribution in [-0.4, -0.2) is 16.9 Å². The molecule has 25 heavy (non-hydrogen) atoms. The number of hydrogen-bond donors (Lipinski definition) is 3. The number of benzene rings is 2. The van der Waals surface area contributed by atoms with Crippen LogP contribution in [0.1, 0.15) is 24.2 Å². The number of carbonyl (C=O) groups is 2. The van der Waals surface area contributed by atoms with Crippen LogP contribution in [0, 0.1) is 11.7 Å². The van der Waals surface area contributed by atoms with Gasteiger partial charge in [0, 0.05) is 17.3 Å². The Labute approximate surface area is 150 Å². The molecule has 5 nitrogen and oxygen atoms in total. The average Bonchev–Trinajstić information content (AvgIpc) is 2.55. The van der Waals surface area contributed by atoms with Crippen molar-refractivity contribution in [2.24, 2.45) is 5.92 Å². The van der Waals surface area contributed by atoms with Crippen LogP contribution in [0.3, 0.4) is 0 Å². The topological polar surface area (TPSA) is 70.2 Å². The van der Waals surface area contributed by atoms with Gasteiger partial charge in [-0.3, -0.25) is 14.9 Å². The maximum Gasteiger partial charge on any atom is 0.260 e. The third-order valence-corrected chi connectivity index (χ3v) is 3.46. The normalized spacial score (nSPS) is 10.2. The summed E-state index contributed by atoms with van der Waals surface area (Å²) < 4.78 is 13.6. The summed E-state index contributed by atoms with van der Waals surface area (Å²) in [6.45, 7) is 3.59. The Balaban J connectivity index is 2.00. The Kier molecular flexibility index (Phi) is 6.19. The van der Waals surface area contributed by atoms with E-state index in [2.05, 4.69) is 16.0 Å². The lowest BCUT2D eigenvalue weighted by molar-refractivity contribution is -0.118. The largest absolute Gasteiger partial charge is 0.332 e. The van der Waals surface area contributed by atoms with Crippen molar-refractivity contribution in [3.05, 3.63) is 59.9 Å². The van der Waals surface area contributed by atoms with Gasteiger partial charge in [-0.25, -0.2) is 4.39 Å². The molecular weight excluding hydrogens is 341 g/mol. The lowest BCUT2D eigenvalue weighted by atomic mass is 10.2. The summed E-state index contributed by atoms with van der Waals surface area (Å²) in [4.78, 5) is 23.7. The molecule has 0 aliphatic carbocycles. The number of thiocarbonyl (C=S) groups is 1. The zero-order chi connectivity index (χ0) is 18.4. The molecule has 3 N–H and O–H groups in total. The minimum absolute atomic E-state index is 0.0283. The fourth-order valence-corrected chi connectivity index (χ4v) is 2.15. The first-order valence-corrected chi connectivity index (χ1v) is 8.05. The molecule has 0 atom stereocenters. The van der Waals surface area contributed by atoms with Crippen molar-refractivity contribution in [3.63, 3.8) is 0 Å². The Morgan fingerprint density at radius 3 is 2.28 bits per heavy atom. The predicted molar refractivity (Wildman–Crippen MR) is 100.0 cm³/mol. The quantitative estimate of drug-likeness (QED) is 0.730. The molecule has 0 aromatic heterocycles. The summed E-state index contributed by atoms with van der Waals surface area (Å²) in [5, 5.41) is 8.05. The van der Waals surface area contributed by atoms with Gasteiger partial charge in [0.1, 0.15) is 5.82 Å².